The molecule has 1 aliphatic rings. The van der Waals surface area contributed by atoms with Crippen molar-refractivity contribution in [1.29, 1.82) is 0 Å². The minimum Gasteiger partial charge on any atom is -0.486 e. The molecule has 0 radical (unpaired) electrons. The van der Waals surface area contributed by atoms with Crippen LogP contribution in [0, 0.1) is 0 Å². The molecule has 1 heterocycles. The Bertz CT molecular complexity index is 351. The minimum atomic E-state index is -0.0934. The van der Waals surface area contributed by atoms with Crippen molar-refractivity contribution in [3.8, 4) is 11.5 Å². The fraction of sp³-hybridized carbons (Fsp3) is 0.400. The second-order valence-corrected chi connectivity index (χ2v) is 3.70. The number of benzene rings is 1. The van der Waals surface area contributed by atoms with Crippen LogP contribution in [0.15, 0.2) is 12.1 Å². The van der Waals surface area contributed by atoms with E-state index in [1.807, 2.05) is 6.92 Å². The first kappa shape index (κ1) is 9.62. The number of hydrogen-bond donors (Lipinski definition) is 1. The summed E-state index contributed by atoms with van der Waals surface area (Å²) in [5.74, 6) is 1.29. The molecular weight excluding hydrogens is 204 g/mol. The fourth-order valence-corrected chi connectivity index (χ4v) is 1.57. The van der Waals surface area contributed by atoms with Crippen molar-refractivity contribution in [1.82, 2.24) is 0 Å². The van der Waals surface area contributed by atoms with Gasteiger partial charge in [0.15, 0.2) is 11.5 Å². The molecule has 2 rings (SSSR count). The molecule has 14 heavy (non-hydrogen) atoms. The van der Waals surface area contributed by atoms with Gasteiger partial charge in [0, 0.05) is 6.07 Å². The lowest BCUT2D eigenvalue weighted by Gasteiger charge is -2.24. The van der Waals surface area contributed by atoms with E-state index >= 15 is 0 Å². The summed E-state index contributed by atoms with van der Waals surface area (Å²) in [5.41, 5.74) is 0.656. The average Bonchev–Trinajstić information content (AvgIpc) is 2.17. The average molecular weight is 215 g/mol. The van der Waals surface area contributed by atoms with E-state index in [1.54, 1.807) is 12.1 Å². The Morgan fingerprint density at radius 3 is 3.00 bits per heavy atom. The van der Waals surface area contributed by atoms with Crippen LogP contribution < -0.4 is 9.47 Å². The Morgan fingerprint density at radius 2 is 2.29 bits per heavy atom. The minimum absolute atomic E-state index is 0.0372. The second kappa shape index (κ2) is 3.67. The van der Waals surface area contributed by atoms with Gasteiger partial charge in [-0.05, 0) is 18.6 Å². The molecule has 1 aromatic carbocycles. The second-order valence-electron chi connectivity index (χ2n) is 3.29. The van der Waals surface area contributed by atoms with E-state index in [-0.39, 0.29) is 12.7 Å². The highest BCUT2D eigenvalue weighted by Gasteiger charge is 2.18. The fourth-order valence-electron chi connectivity index (χ4n) is 1.36. The lowest BCUT2D eigenvalue weighted by Crippen LogP contribution is -2.25. The third-order valence-electron chi connectivity index (χ3n) is 2.08. The zero-order valence-electron chi connectivity index (χ0n) is 7.79. The summed E-state index contributed by atoms with van der Waals surface area (Å²) in [6.07, 6.45) is 0.0372. The third kappa shape index (κ3) is 1.65. The number of hydrogen-bond acceptors (Lipinski definition) is 3. The molecular formula is C10H11ClO3. The number of halogens is 1. The van der Waals surface area contributed by atoms with Crippen LogP contribution in [0.25, 0.3) is 0 Å². The van der Waals surface area contributed by atoms with Crippen LogP contribution in [-0.2, 0) is 6.61 Å². The first-order valence-electron chi connectivity index (χ1n) is 4.43. The maximum absolute atomic E-state index is 9.01. The topological polar surface area (TPSA) is 38.7 Å². The van der Waals surface area contributed by atoms with Crippen LogP contribution in [-0.4, -0.2) is 17.8 Å². The van der Waals surface area contributed by atoms with Crippen LogP contribution >= 0.6 is 11.6 Å². The van der Waals surface area contributed by atoms with Gasteiger partial charge < -0.3 is 14.6 Å². The summed E-state index contributed by atoms with van der Waals surface area (Å²) >= 11 is 5.90. The molecule has 0 spiro atoms. The SMILES string of the molecule is CC1COc2cc(Cl)c(CO)cc2O1. The van der Waals surface area contributed by atoms with Crippen LogP contribution in [0.4, 0.5) is 0 Å². The van der Waals surface area contributed by atoms with Crippen molar-refractivity contribution in [3.05, 3.63) is 22.7 Å². The molecule has 0 saturated carbocycles. The van der Waals surface area contributed by atoms with Gasteiger partial charge in [-0.3, -0.25) is 0 Å². The van der Waals surface area contributed by atoms with Gasteiger partial charge in [-0.2, -0.15) is 0 Å². The molecule has 1 aliphatic heterocycles. The maximum atomic E-state index is 9.01. The van der Waals surface area contributed by atoms with Crippen LogP contribution in [0.1, 0.15) is 12.5 Å². The molecule has 4 heteroatoms. The van der Waals surface area contributed by atoms with Gasteiger partial charge in [-0.1, -0.05) is 11.6 Å². The number of ether oxygens (including phenoxy) is 2. The standard InChI is InChI=1S/C10H11ClO3/c1-6-5-13-9-3-8(11)7(4-12)2-10(9)14-6/h2-3,6,12H,4-5H2,1H3. The predicted molar refractivity (Wildman–Crippen MR) is 53.0 cm³/mol. The number of fused-ring (bicyclic) bond motifs is 1. The van der Waals surface area contributed by atoms with E-state index < -0.39 is 0 Å². The predicted octanol–water partition coefficient (Wildman–Crippen LogP) is 1.99. The van der Waals surface area contributed by atoms with E-state index in [4.69, 9.17) is 26.2 Å². The van der Waals surface area contributed by atoms with Crippen molar-refractivity contribution in [2.75, 3.05) is 6.61 Å². The highest BCUT2D eigenvalue weighted by Crippen LogP contribution is 2.36. The maximum Gasteiger partial charge on any atom is 0.162 e. The first-order chi connectivity index (χ1) is 6.70. The number of rotatable bonds is 1. The largest absolute Gasteiger partial charge is 0.486 e. The van der Waals surface area contributed by atoms with E-state index in [0.717, 1.165) is 0 Å². The highest BCUT2D eigenvalue weighted by molar-refractivity contribution is 6.31. The molecule has 0 aliphatic carbocycles. The lowest BCUT2D eigenvalue weighted by molar-refractivity contribution is 0.104. The molecule has 1 N–H and O–H groups in total. The van der Waals surface area contributed by atoms with Crippen molar-refractivity contribution >= 4 is 11.6 Å². The van der Waals surface area contributed by atoms with Gasteiger partial charge >= 0.3 is 0 Å². The van der Waals surface area contributed by atoms with Gasteiger partial charge in [0.05, 0.1) is 11.6 Å². The summed E-state index contributed by atoms with van der Waals surface area (Å²) < 4.78 is 11.0. The highest BCUT2D eigenvalue weighted by atomic mass is 35.5. The van der Waals surface area contributed by atoms with E-state index in [0.29, 0.717) is 28.7 Å². The molecule has 1 unspecified atom stereocenters. The molecule has 1 aromatic rings. The monoisotopic (exact) mass is 214 g/mol. The quantitative estimate of drug-likeness (QED) is 0.777. The molecule has 1 atom stereocenters. The van der Waals surface area contributed by atoms with Crippen molar-refractivity contribution in [3.63, 3.8) is 0 Å². The molecule has 0 amide bonds. The smallest absolute Gasteiger partial charge is 0.162 e. The Kier molecular flexibility index (Phi) is 2.52. The van der Waals surface area contributed by atoms with E-state index in [1.165, 1.54) is 0 Å². The first-order valence-corrected chi connectivity index (χ1v) is 4.81. The summed E-state index contributed by atoms with van der Waals surface area (Å²) in [6, 6.07) is 3.39. The third-order valence-corrected chi connectivity index (χ3v) is 2.44. The number of aliphatic hydroxyl groups excluding tert-OH is 1. The molecule has 76 valence electrons. The molecule has 0 aromatic heterocycles. The Morgan fingerprint density at radius 1 is 1.50 bits per heavy atom. The Labute approximate surface area is 87.2 Å². The van der Waals surface area contributed by atoms with Gasteiger partial charge in [0.1, 0.15) is 12.7 Å². The van der Waals surface area contributed by atoms with Gasteiger partial charge in [0.2, 0.25) is 0 Å². The summed E-state index contributed by atoms with van der Waals surface area (Å²) in [4.78, 5) is 0. The lowest BCUT2D eigenvalue weighted by atomic mass is 10.2. The van der Waals surface area contributed by atoms with E-state index in [2.05, 4.69) is 0 Å². The molecule has 0 fully saturated rings. The Balaban J connectivity index is 2.41. The number of aliphatic hydroxyl groups is 1. The molecule has 0 saturated heterocycles. The van der Waals surface area contributed by atoms with Crippen molar-refractivity contribution in [2.45, 2.75) is 19.6 Å². The molecule has 0 bridgehead atoms. The summed E-state index contributed by atoms with van der Waals surface area (Å²) in [6.45, 7) is 2.36. The normalized spacial score (nSPS) is 19.5. The van der Waals surface area contributed by atoms with Gasteiger partial charge in [0.25, 0.3) is 0 Å². The van der Waals surface area contributed by atoms with Crippen LogP contribution in [0.2, 0.25) is 5.02 Å². The zero-order valence-corrected chi connectivity index (χ0v) is 8.54. The Hall–Kier alpha value is -0.930. The van der Waals surface area contributed by atoms with Crippen molar-refractivity contribution < 1.29 is 14.6 Å². The molecule has 3 nitrogen and oxygen atoms in total. The van der Waals surface area contributed by atoms with Gasteiger partial charge in [-0.25, -0.2) is 0 Å². The van der Waals surface area contributed by atoms with Gasteiger partial charge in [-0.15, -0.1) is 0 Å². The summed E-state index contributed by atoms with van der Waals surface area (Å²) in [7, 11) is 0. The van der Waals surface area contributed by atoms with E-state index in [9.17, 15) is 0 Å². The van der Waals surface area contributed by atoms with Crippen LogP contribution in [0.3, 0.4) is 0 Å². The zero-order chi connectivity index (χ0) is 10.1. The summed E-state index contributed by atoms with van der Waals surface area (Å²) in [5, 5.41) is 9.51. The van der Waals surface area contributed by atoms with Crippen LogP contribution in [0.5, 0.6) is 11.5 Å². The van der Waals surface area contributed by atoms with Crippen molar-refractivity contribution in [2.24, 2.45) is 0 Å².